The van der Waals surface area contributed by atoms with E-state index in [4.69, 9.17) is 9.57 Å². The van der Waals surface area contributed by atoms with Gasteiger partial charge in [-0.3, -0.25) is 4.79 Å². The minimum atomic E-state index is -4.19. The summed E-state index contributed by atoms with van der Waals surface area (Å²) in [5.41, 5.74) is 3.72. The molecule has 0 saturated heterocycles. The number of aromatic nitrogens is 3. The normalized spacial score (nSPS) is 11.5. The molecule has 0 atom stereocenters. The lowest BCUT2D eigenvalue weighted by Crippen LogP contribution is -2.30. The lowest BCUT2D eigenvalue weighted by atomic mass is 10.1. The minimum Gasteiger partial charge on any atom is -0.497 e. The topological polar surface area (TPSA) is 119 Å². The number of anilines is 3. The number of nitrogens with zero attached hydrogens (tertiary/aromatic N) is 5. The van der Waals surface area contributed by atoms with Gasteiger partial charge in [-0.25, -0.2) is 9.97 Å². The third-order valence-corrected chi connectivity index (χ3v) is 9.42. The van der Waals surface area contributed by atoms with E-state index in [1.807, 2.05) is 6.07 Å². The molecule has 0 aliphatic heterocycles. The SMILES string of the molecule is CCN(CC)CCCCn1ccc2cc(-c3cc(Nc4ccc(N(OC=O)S(=O)(=O)c5ccc(OC)cc5)cc4)ncn3)ccc21. The van der Waals surface area contributed by atoms with Gasteiger partial charge in [0.1, 0.15) is 17.9 Å². The second-order valence-corrected chi connectivity index (χ2v) is 12.3. The molecule has 0 aliphatic carbocycles. The van der Waals surface area contributed by atoms with E-state index in [1.54, 1.807) is 12.1 Å². The van der Waals surface area contributed by atoms with Crippen LogP contribution in [0.3, 0.4) is 0 Å². The number of hydrogen-bond donors (Lipinski definition) is 1. The number of methoxy groups -OCH3 is 1. The zero-order valence-electron chi connectivity index (χ0n) is 26.2. The van der Waals surface area contributed by atoms with Crippen LogP contribution in [0.25, 0.3) is 22.2 Å². The molecule has 11 nitrogen and oxygen atoms in total. The van der Waals surface area contributed by atoms with Gasteiger partial charge in [0.25, 0.3) is 10.0 Å². The molecule has 1 N–H and O–H groups in total. The first-order chi connectivity index (χ1) is 22.4. The molecule has 0 unspecified atom stereocenters. The van der Waals surface area contributed by atoms with Crippen molar-refractivity contribution in [3.8, 4) is 17.0 Å². The summed E-state index contributed by atoms with van der Waals surface area (Å²) < 4.78 is 34.4. The van der Waals surface area contributed by atoms with Gasteiger partial charge in [0, 0.05) is 41.0 Å². The summed E-state index contributed by atoms with van der Waals surface area (Å²) in [6.45, 7) is 8.77. The second-order valence-electron chi connectivity index (χ2n) is 10.6. The van der Waals surface area contributed by atoms with E-state index < -0.39 is 10.0 Å². The highest BCUT2D eigenvalue weighted by Gasteiger charge is 2.27. The molecule has 2 aromatic heterocycles. The first-order valence-corrected chi connectivity index (χ1v) is 16.6. The molecule has 5 rings (SSSR count). The van der Waals surface area contributed by atoms with Crippen LogP contribution in [0.1, 0.15) is 26.7 Å². The number of carbonyl (C=O) groups is 1. The van der Waals surface area contributed by atoms with Crippen LogP contribution in [0.15, 0.2) is 96.3 Å². The second kappa shape index (κ2) is 14.9. The maximum Gasteiger partial charge on any atom is 0.322 e. The Balaban J connectivity index is 1.27. The first-order valence-electron chi connectivity index (χ1n) is 15.2. The van der Waals surface area contributed by atoms with E-state index in [-0.39, 0.29) is 17.1 Å². The minimum absolute atomic E-state index is 0.0634. The van der Waals surface area contributed by atoms with Crippen molar-refractivity contribution in [1.82, 2.24) is 19.4 Å². The highest BCUT2D eigenvalue weighted by molar-refractivity contribution is 7.92. The molecule has 0 radical (unpaired) electrons. The van der Waals surface area contributed by atoms with Crippen molar-refractivity contribution in [2.75, 3.05) is 36.5 Å². The van der Waals surface area contributed by atoms with Gasteiger partial charge in [-0.2, -0.15) is 8.42 Å². The van der Waals surface area contributed by atoms with E-state index in [1.165, 1.54) is 61.8 Å². The third-order valence-electron chi connectivity index (χ3n) is 7.82. The van der Waals surface area contributed by atoms with E-state index in [2.05, 4.69) is 69.1 Å². The summed E-state index contributed by atoms with van der Waals surface area (Å²) >= 11 is 0. The van der Waals surface area contributed by atoms with Crippen LogP contribution in [0.4, 0.5) is 17.2 Å². The number of unbranched alkanes of at least 4 members (excludes halogenated alkanes) is 1. The molecule has 3 aromatic carbocycles. The molecule has 0 bridgehead atoms. The number of nitrogens with one attached hydrogen (secondary N) is 1. The van der Waals surface area contributed by atoms with E-state index in [0.29, 0.717) is 21.7 Å². The zero-order chi connectivity index (χ0) is 32.5. The fourth-order valence-corrected chi connectivity index (χ4v) is 6.47. The summed E-state index contributed by atoms with van der Waals surface area (Å²) in [7, 11) is -2.71. The molecule has 0 aliphatic rings. The predicted octanol–water partition coefficient (Wildman–Crippen LogP) is 6.26. The van der Waals surface area contributed by atoms with Crippen LogP contribution in [-0.2, 0) is 26.2 Å². The smallest absolute Gasteiger partial charge is 0.322 e. The zero-order valence-corrected chi connectivity index (χ0v) is 27.0. The van der Waals surface area contributed by atoms with Crippen molar-refractivity contribution in [2.24, 2.45) is 0 Å². The number of benzene rings is 3. The van der Waals surface area contributed by atoms with Gasteiger partial charge >= 0.3 is 6.47 Å². The van der Waals surface area contributed by atoms with Gasteiger partial charge in [-0.05, 0) is 99.2 Å². The van der Waals surface area contributed by atoms with Crippen molar-refractivity contribution in [1.29, 1.82) is 0 Å². The van der Waals surface area contributed by atoms with Crippen molar-refractivity contribution in [3.63, 3.8) is 0 Å². The Morgan fingerprint density at radius 3 is 2.37 bits per heavy atom. The Morgan fingerprint density at radius 1 is 0.913 bits per heavy atom. The van der Waals surface area contributed by atoms with Gasteiger partial charge in [0.05, 0.1) is 23.4 Å². The average molecular weight is 643 g/mol. The maximum atomic E-state index is 13.2. The Kier molecular flexibility index (Phi) is 10.5. The van der Waals surface area contributed by atoms with Crippen LogP contribution >= 0.6 is 0 Å². The molecule has 0 spiro atoms. The lowest BCUT2D eigenvalue weighted by molar-refractivity contribution is -0.128. The quantitative estimate of drug-likeness (QED) is 0.0756. The summed E-state index contributed by atoms with van der Waals surface area (Å²) in [5, 5.41) is 4.38. The van der Waals surface area contributed by atoms with Gasteiger partial charge < -0.3 is 24.4 Å². The monoisotopic (exact) mass is 642 g/mol. The van der Waals surface area contributed by atoms with Crippen LogP contribution in [-0.4, -0.2) is 61.1 Å². The van der Waals surface area contributed by atoms with Crippen molar-refractivity contribution < 1.29 is 22.8 Å². The van der Waals surface area contributed by atoms with Crippen LogP contribution in [0, 0.1) is 0 Å². The fraction of sp³-hybridized carbons (Fsp3) is 0.265. The van der Waals surface area contributed by atoms with E-state index in [9.17, 15) is 13.2 Å². The number of rotatable bonds is 16. The lowest BCUT2D eigenvalue weighted by Gasteiger charge is -2.21. The number of aryl methyl sites for hydroxylation is 1. The Labute approximate surface area is 269 Å². The van der Waals surface area contributed by atoms with Gasteiger partial charge in [-0.1, -0.05) is 24.4 Å². The summed E-state index contributed by atoms with van der Waals surface area (Å²) in [5.74, 6) is 1.06. The molecular weight excluding hydrogens is 604 g/mol. The molecular formula is C34H38N6O5S. The summed E-state index contributed by atoms with van der Waals surface area (Å²) in [6.07, 6.45) is 5.95. The van der Waals surface area contributed by atoms with Crippen molar-refractivity contribution in [2.45, 2.75) is 38.1 Å². The van der Waals surface area contributed by atoms with Crippen LogP contribution in [0.5, 0.6) is 5.75 Å². The standard InChI is InChI=1S/C34H38N6O5S/c1-4-38(5-2)19-6-7-20-39-21-18-27-22-26(8-17-33(27)39)32-23-34(36-24-35-32)37-28-9-11-29(12-10-28)40(45-25-41)46(42,43)31-15-13-30(44-3)14-16-31/h8-18,21-25H,4-7,19-20H2,1-3H3,(H,35,36,37). The van der Waals surface area contributed by atoms with Gasteiger partial charge in [0.2, 0.25) is 0 Å². The predicted molar refractivity (Wildman–Crippen MR) is 180 cm³/mol. The summed E-state index contributed by atoms with van der Waals surface area (Å²) in [6, 6.07) is 22.5. The highest BCUT2D eigenvalue weighted by Crippen LogP contribution is 2.29. The number of fused-ring (bicyclic) bond motifs is 1. The van der Waals surface area contributed by atoms with E-state index >= 15 is 0 Å². The molecule has 0 saturated carbocycles. The van der Waals surface area contributed by atoms with Crippen LogP contribution < -0.4 is 14.5 Å². The third kappa shape index (κ3) is 7.47. The number of ether oxygens (including phenoxy) is 1. The first kappa shape index (κ1) is 32.5. The molecule has 2 heterocycles. The van der Waals surface area contributed by atoms with Gasteiger partial charge in [-0.15, -0.1) is 0 Å². The molecule has 46 heavy (non-hydrogen) atoms. The summed E-state index contributed by atoms with van der Waals surface area (Å²) in [4.78, 5) is 27.3. The van der Waals surface area contributed by atoms with E-state index in [0.717, 1.165) is 49.2 Å². The number of carbonyl (C=O) groups excluding carboxylic acids is 1. The maximum absolute atomic E-state index is 13.2. The highest BCUT2D eigenvalue weighted by atomic mass is 32.2. The number of hydrogen-bond acceptors (Lipinski definition) is 9. The van der Waals surface area contributed by atoms with Crippen molar-refractivity contribution >= 4 is 44.6 Å². The van der Waals surface area contributed by atoms with Crippen LogP contribution in [0.2, 0.25) is 0 Å². The Bertz CT molecular complexity index is 1860. The Morgan fingerprint density at radius 2 is 1.67 bits per heavy atom. The molecule has 240 valence electrons. The number of sulfonamides is 1. The largest absolute Gasteiger partial charge is 0.497 e. The van der Waals surface area contributed by atoms with Gasteiger partial charge in [0.15, 0.2) is 0 Å². The fourth-order valence-electron chi connectivity index (χ4n) is 5.25. The van der Waals surface area contributed by atoms with Crippen molar-refractivity contribution in [3.05, 3.63) is 91.4 Å². The molecule has 0 fully saturated rings. The molecule has 0 amide bonds. The average Bonchev–Trinajstić information content (AvgIpc) is 3.50. The Hall–Kier alpha value is -4.94. The molecule has 12 heteroatoms. The molecule has 5 aromatic rings.